The lowest BCUT2D eigenvalue weighted by atomic mass is 9.99. The van der Waals surface area contributed by atoms with Crippen molar-refractivity contribution < 1.29 is 31.6 Å². The van der Waals surface area contributed by atoms with Crippen LogP contribution in [0, 0.1) is 12.7 Å². The molecule has 1 fully saturated rings. The molecule has 0 unspecified atom stereocenters. The van der Waals surface area contributed by atoms with E-state index in [2.05, 4.69) is 0 Å². The third kappa shape index (κ3) is 6.06. The molecule has 0 radical (unpaired) electrons. The summed E-state index contributed by atoms with van der Waals surface area (Å²) in [5.41, 5.74) is -0.271. The molecule has 0 aliphatic carbocycles. The molecule has 0 spiro atoms. The number of hydrogen-bond donors (Lipinski definition) is 1. The van der Waals surface area contributed by atoms with E-state index in [0.29, 0.717) is 37.1 Å². The summed E-state index contributed by atoms with van der Waals surface area (Å²) in [6.07, 6.45) is -0.970. The van der Waals surface area contributed by atoms with Crippen molar-refractivity contribution >= 4 is 44.7 Å². The zero-order valence-electron chi connectivity index (χ0n) is 22.3. The van der Waals surface area contributed by atoms with E-state index in [1.54, 1.807) is 6.92 Å². The average Bonchev–Trinajstić information content (AvgIpc) is 2.88. The van der Waals surface area contributed by atoms with Gasteiger partial charge in [-0.25, -0.2) is 31.9 Å². The van der Waals surface area contributed by atoms with E-state index in [1.807, 2.05) is 16.7 Å². The summed E-state index contributed by atoms with van der Waals surface area (Å²) in [6, 6.07) is 5.65. The summed E-state index contributed by atoms with van der Waals surface area (Å²) < 4.78 is 53.9. The zero-order chi connectivity index (χ0) is 29.4. The molecular weight excluding hydrogens is 567 g/mol. The van der Waals surface area contributed by atoms with E-state index in [0.717, 1.165) is 6.07 Å². The van der Waals surface area contributed by atoms with Crippen molar-refractivity contribution in [1.29, 1.82) is 0 Å². The van der Waals surface area contributed by atoms with Gasteiger partial charge in [0.2, 0.25) is 0 Å². The van der Waals surface area contributed by atoms with E-state index in [-0.39, 0.29) is 33.9 Å². The average molecular weight is 595 g/mol. The number of fused-ring (bicyclic) bond motifs is 1. The van der Waals surface area contributed by atoms with Crippen LogP contribution < -0.4 is 15.1 Å². The standard InChI is InChI=1S/C26H28ClFN4O7S/c1-15-17-13-19(27)21(39-26(35)30(2)3)14-20(17)38-24(33)18(15)12-16-6-5-7-22(23(16)28)40(36,37)29-25(34)32-10-8-31(4)9-11-32/h5-7,13-14H,8-12H2,1-4H3,(H,29,34). The highest BCUT2D eigenvalue weighted by atomic mass is 35.5. The summed E-state index contributed by atoms with van der Waals surface area (Å²) in [5.74, 6) is -1.10. The number of halogens is 2. The normalized spacial score (nSPS) is 14.3. The molecule has 0 bridgehead atoms. The Hall–Kier alpha value is -3.68. The maximum atomic E-state index is 15.5. The number of carbonyl (C=O) groups excluding carboxylic acids is 2. The summed E-state index contributed by atoms with van der Waals surface area (Å²) in [4.78, 5) is 41.2. The number of benzene rings is 2. The summed E-state index contributed by atoms with van der Waals surface area (Å²) in [5, 5.41) is 0.508. The number of sulfonamides is 1. The van der Waals surface area contributed by atoms with Crippen LogP contribution in [0.4, 0.5) is 14.0 Å². The number of nitrogens with one attached hydrogen (secondary N) is 1. The first-order valence-electron chi connectivity index (χ1n) is 12.2. The van der Waals surface area contributed by atoms with Crippen molar-refractivity contribution in [2.24, 2.45) is 0 Å². The Morgan fingerprint density at radius 3 is 2.50 bits per heavy atom. The molecule has 11 nitrogen and oxygen atoms in total. The van der Waals surface area contributed by atoms with Crippen LogP contribution in [-0.4, -0.2) is 82.6 Å². The van der Waals surface area contributed by atoms with Crippen molar-refractivity contribution in [3.05, 3.63) is 68.3 Å². The van der Waals surface area contributed by atoms with Gasteiger partial charge in [-0.2, -0.15) is 0 Å². The highest BCUT2D eigenvalue weighted by Gasteiger charge is 2.28. The molecule has 1 N–H and O–H groups in total. The van der Waals surface area contributed by atoms with Crippen molar-refractivity contribution in [3.63, 3.8) is 0 Å². The Balaban J connectivity index is 1.63. The van der Waals surface area contributed by atoms with E-state index in [4.69, 9.17) is 20.8 Å². The first-order chi connectivity index (χ1) is 18.8. The van der Waals surface area contributed by atoms with E-state index >= 15 is 4.39 Å². The minimum absolute atomic E-state index is 0.00857. The van der Waals surface area contributed by atoms with Gasteiger partial charge in [0, 0.05) is 63.7 Å². The van der Waals surface area contributed by atoms with Crippen LogP contribution in [0.5, 0.6) is 5.75 Å². The maximum absolute atomic E-state index is 15.5. The molecule has 1 aliphatic heterocycles. The Morgan fingerprint density at radius 1 is 1.18 bits per heavy atom. The van der Waals surface area contributed by atoms with Gasteiger partial charge in [0.15, 0.2) is 5.75 Å². The maximum Gasteiger partial charge on any atom is 0.414 e. The number of urea groups is 1. The topological polar surface area (TPSA) is 129 Å². The Labute approximate surface area is 235 Å². The summed E-state index contributed by atoms with van der Waals surface area (Å²) >= 11 is 6.29. The Kier molecular flexibility index (Phi) is 8.38. The third-order valence-corrected chi connectivity index (χ3v) is 8.25. The van der Waals surface area contributed by atoms with Crippen molar-refractivity contribution in [3.8, 4) is 5.75 Å². The highest BCUT2D eigenvalue weighted by Crippen LogP contribution is 2.33. The van der Waals surface area contributed by atoms with Gasteiger partial charge in [-0.15, -0.1) is 0 Å². The minimum atomic E-state index is -4.54. The number of likely N-dealkylation sites (N-methyl/N-ethyl adjacent to an activating group) is 1. The summed E-state index contributed by atoms with van der Waals surface area (Å²) in [7, 11) is 0.335. The lowest BCUT2D eigenvalue weighted by Gasteiger charge is -2.32. The second-order valence-electron chi connectivity index (χ2n) is 9.64. The zero-order valence-corrected chi connectivity index (χ0v) is 23.9. The molecule has 1 aliphatic rings. The van der Waals surface area contributed by atoms with Crippen LogP contribution in [0.1, 0.15) is 16.7 Å². The third-order valence-electron chi connectivity index (χ3n) is 6.61. The number of ether oxygens (including phenoxy) is 1. The fraction of sp³-hybridized carbons (Fsp3) is 0.346. The Bertz CT molecular complexity index is 1650. The van der Waals surface area contributed by atoms with Gasteiger partial charge in [-0.05, 0) is 37.2 Å². The van der Waals surface area contributed by atoms with Crippen LogP contribution >= 0.6 is 11.6 Å². The van der Waals surface area contributed by atoms with E-state index in [9.17, 15) is 22.8 Å². The van der Waals surface area contributed by atoms with Gasteiger partial charge in [0.25, 0.3) is 10.0 Å². The quantitative estimate of drug-likeness (QED) is 0.446. The molecule has 2 heterocycles. The van der Waals surface area contributed by atoms with Gasteiger partial charge in [-0.3, -0.25) is 0 Å². The predicted octanol–water partition coefficient (Wildman–Crippen LogP) is 3.19. The largest absolute Gasteiger partial charge is 0.422 e. The molecule has 1 saturated heterocycles. The molecule has 3 amide bonds. The molecular formula is C26H28ClFN4O7S. The van der Waals surface area contributed by atoms with Crippen molar-refractivity contribution in [1.82, 2.24) is 19.4 Å². The number of hydrogen-bond acceptors (Lipinski definition) is 8. The second kappa shape index (κ2) is 11.4. The number of nitrogens with zero attached hydrogens (tertiary/aromatic N) is 3. The number of rotatable bonds is 5. The number of piperazine rings is 1. The molecule has 4 rings (SSSR count). The smallest absolute Gasteiger partial charge is 0.414 e. The molecule has 1 aromatic heterocycles. The molecule has 2 aromatic carbocycles. The SMILES string of the molecule is Cc1c(Cc2cccc(S(=O)(=O)NC(=O)N3CCN(C)CC3)c2F)c(=O)oc2cc(OC(=O)N(C)C)c(Cl)cc12. The van der Waals surface area contributed by atoms with Gasteiger partial charge in [-0.1, -0.05) is 23.7 Å². The predicted molar refractivity (Wildman–Crippen MR) is 146 cm³/mol. The lowest BCUT2D eigenvalue weighted by Crippen LogP contribution is -2.51. The monoisotopic (exact) mass is 594 g/mol. The van der Waals surface area contributed by atoms with Crippen molar-refractivity contribution in [2.75, 3.05) is 47.3 Å². The molecule has 0 saturated carbocycles. The number of aryl methyl sites for hydroxylation is 1. The highest BCUT2D eigenvalue weighted by molar-refractivity contribution is 7.90. The van der Waals surface area contributed by atoms with Gasteiger partial charge in [0.1, 0.15) is 16.3 Å². The molecule has 3 aromatic rings. The molecule has 40 heavy (non-hydrogen) atoms. The van der Waals surface area contributed by atoms with Crippen LogP contribution in [0.2, 0.25) is 5.02 Å². The number of carbonyl (C=O) groups is 2. The van der Waals surface area contributed by atoms with Gasteiger partial charge in [0.05, 0.1) is 5.02 Å². The Morgan fingerprint density at radius 2 is 1.85 bits per heavy atom. The first-order valence-corrected chi connectivity index (χ1v) is 14.1. The van der Waals surface area contributed by atoms with Gasteiger partial charge >= 0.3 is 17.7 Å². The fourth-order valence-corrected chi connectivity index (χ4v) is 5.49. The van der Waals surface area contributed by atoms with Crippen LogP contribution in [0.15, 0.2) is 44.4 Å². The van der Waals surface area contributed by atoms with E-state index in [1.165, 1.54) is 48.2 Å². The fourth-order valence-electron chi connectivity index (χ4n) is 4.19. The van der Waals surface area contributed by atoms with Crippen LogP contribution in [0.25, 0.3) is 11.0 Å². The second-order valence-corrected chi connectivity index (χ2v) is 11.7. The lowest BCUT2D eigenvalue weighted by molar-refractivity contribution is 0.158. The first kappa shape index (κ1) is 29.3. The van der Waals surface area contributed by atoms with Gasteiger partial charge < -0.3 is 23.9 Å². The molecule has 0 atom stereocenters. The number of amides is 3. The van der Waals surface area contributed by atoms with Crippen molar-refractivity contribution in [2.45, 2.75) is 18.2 Å². The van der Waals surface area contributed by atoms with E-state index < -0.39 is 38.5 Å². The summed E-state index contributed by atoms with van der Waals surface area (Å²) in [6.45, 7) is 3.45. The molecule has 14 heteroatoms. The minimum Gasteiger partial charge on any atom is -0.422 e. The van der Waals surface area contributed by atoms with Crippen LogP contribution in [0.3, 0.4) is 0 Å². The van der Waals surface area contributed by atoms with Crippen LogP contribution in [-0.2, 0) is 16.4 Å². The molecule has 214 valence electrons.